The molecule has 0 bridgehead atoms. The van der Waals surface area contributed by atoms with Crippen LogP contribution in [0.15, 0.2) is 12.1 Å². The number of rotatable bonds is 3. The number of nitrogens with zero attached hydrogens (tertiary/aromatic N) is 1. The number of halogens is 2. The third-order valence-electron chi connectivity index (χ3n) is 3.30. The third-order valence-corrected chi connectivity index (χ3v) is 3.79. The van der Waals surface area contributed by atoms with Crippen LogP contribution in [0.1, 0.15) is 36.5 Å². The molecule has 17 heavy (non-hydrogen) atoms. The van der Waals surface area contributed by atoms with E-state index >= 15 is 0 Å². The fourth-order valence-corrected chi connectivity index (χ4v) is 2.36. The first-order chi connectivity index (χ1) is 8.00. The van der Waals surface area contributed by atoms with E-state index in [-0.39, 0.29) is 21.6 Å². The van der Waals surface area contributed by atoms with Gasteiger partial charge in [0, 0.05) is 6.54 Å². The van der Waals surface area contributed by atoms with Gasteiger partial charge in [-0.15, -0.1) is 0 Å². The zero-order valence-corrected chi connectivity index (χ0v) is 11.1. The molecule has 0 radical (unpaired) electrons. The van der Waals surface area contributed by atoms with Crippen LogP contribution in [0.5, 0.6) is 0 Å². The Hall–Kier alpha value is -0.800. The predicted octanol–water partition coefficient (Wildman–Crippen LogP) is 3.31. The summed E-state index contributed by atoms with van der Waals surface area (Å²) in [6.45, 7) is 2.86. The molecule has 1 fully saturated rings. The Morgan fingerprint density at radius 3 is 2.71 bits per heavy atom. The fourth-order valence-electron chi connectivity index (χ4n) is 1.93. The highest BCUT2D eigenvalue weighted by Crippen LogP contribution is 2.39. The van der Waals surface area contributed by atoms with Gasteiger partial charge in [0.25, 0.3) is 5.91 Å². The number of carbonyl (C=O) groups is 1. The lowest BCUT2D eigenvalue weighted by molar-refractivity contribution is 0.0890. The number of aromatic nitrogens is 1. The summed E-state index contributed by atoms with van der Waals surface area (Å²) < 4.78 is 0. The molecule has 1 aliphatic rings. The van der Waals surface area contributed by atoms with Gasteiger partial charge in [-0.25, -0.2) is 4.98 Å². The molecule has 1 aliphatic carbocycles. The molecule has 0 spiro atoms. The predicted molar refractivity (Wildman–Crippen MR) is 68.5 cm³/mol. The van der Waals surface area contributed by atoms with Crippen molar-refractivity contribution in [1.82, 2.24) is 10.3 Å². The molecular formula is C12H14Cl2N2O. The minimum absolute atomic E-state index is 0.147. The molecule has 92 valence electrons. The first-order valence-electron chi connectivity index (χ1n) is 5.60. The second-order valence-corrected chi connectivity index (χ2v) is 5.56. The van der Waals surface area contributed by atoms with Crippen molar-refractivity contribution in [1.29, 1.82) is 0 Å². The fraction of sp³-hybridized carbons (Fsp3) is 0.500. The highest BCUT2D eigenvalue weighted by Gasteiger charge is 2.32. The number of hydrogen-bond acceptors (Lipinski definition) is 2. The quantitative estimate of drug-likeness (QED) is 0.858. The van der Waals surface area contributed by atoms with Crippen molar-refractivity contribution in [3.05, 3.63) is 28.0 Å². The highest BCUT2D eigenvalue weighted by atomic mass is 35.5. The van der Waals surface area contributed by atoms with Gasteiger partial charge < -0.3 is 5.32 Å². The van der Waals surface area contributed by atoms with Crippen LogP contribution in [0.4, 0.5) is 0 Å². The summed E-state index contributed by atoms with van der Waals surface area (Å²) >= 11 is 11.5. The first-order valence-corrected chi connectivity index (χ1v) is 6.36. The van der Waals surface area contributed by atoms with Crippen LogP contribution in [-0.2, 0) is 0 Å². The van der Waals surface area contributed by atoms with Crippen molar-refractivity contribution >= 4 is 29.1 Å². The van der Waals surface area contributed by atoms with Crippen LogP contribution in [-0.4, -0.2) is 17.4 Å². The molecule has 0 atom stereocenters. The lowest BCUT2D eigenvalue weighted by atomic mass is 9.70. The van der Waals surface area contributed by atoms with E-state index in [1.165, 1.54) is 19.3 Å². The van der Waals surface area contributed by atoms with Crippen molar-refractivity contribution in [2.75, 3.05) is 6.54 Å². The maximum absolute atomic E-state index is 11.9. The zero-order valence-electron chi connectivity index (χ0n) is 9.59. The summed E-state index contributed by atoms with van der Waals surface area (Å²) in [5, 5.41) is 3.33. The molecule has 0 unspecified atom stereocenters. The van der Waals surface area contributed by atoms with Gasteiger partial charge in [-0.3, -0.25) is 4.79 Å². The summed E-state index contributed by atoms with van der Waals surface area (Å²) in [6.07, 6.45) is 3.58. The molecule has 0 aromatic carbocycles. The smallest absolute Gasteiger partial charge is 0.254 e. The number of pyridine rings is 1. The molecule has 5 heteroatoms. The Balaban J connectivity index is 1.99. The first kappa shape index (κ1) is 12.7. The summed E-state index contributed by atoms with van der Waals surface area (Å²) in [6, 6.07) is 3.16. The molecule has 0 aliphatic heterocycles. The maximum atomic E-state index is 11.9. The minimum Gasteiger partial charge on any atom is -0.351 e. The molecule has 0 saturated heterocycles. The van der Waals surface area contributed by atoms with Gasteiger partial charge in [-0.05, 0) is 30.4 Å². The van der Waals surface area contributed by atoms with Gasteiger partial charge in [0.2, 0.25) is 0 Å². The Morgan fingerprint density at radius 2 is 2.18 bits per heavy atom. The lowest BCUT2D eigenvalue weighted by Gasteiger charge is -2.38. The largest absolute Gasteiger partial charge is 0.351 e. The van der Waals surface area contributed by atoms with Gasteiger partial charge in [0.1, 0.15) is 10.3 Å². The van der Waals surface area contributed by atoms with Crippen LogP contribution < -0.4 is 5.32 Å². The van der Waals surface area contributed by atoms with Gasteiger partial charge >= 0.3 is 0 Å². The van der Waals surface area contributed by atoms with Crippen molar-refractivity contribution in [2.45, 2.75) is 26.2 Å². The van der Waals surface area contributed by atoms with E-state index < -0.39 is 0 Å². The third kappa shape index (κ3) is 2.90. The van der Waals surface area contributed by atoms with E-state index in [1.54, 1.807) is 12.1 Å². The van der Waals surface area contributed by atoms with Crippen molar-refractivity contribution < 1.29 is 4.79 Å². The molecule has 1 aromatic heterocycles. The minimum atomic E-state index is -0.188. The zero-order chi connectivity index (χ0) is 12.5. The van der Waals surface area contributed by atoms with E-state index in [0.29, 0.717) is 12.1 Å². The van der Waals surface area contributed by atoms with Crippen LogP contribution in [0.25, 0.3) is 0 Å². The SMILES string of the molecule is CC1(CNC(=O)c2ccc(Cl)nc2Cl)CCC1. The number of nitrogens with one attached hydrogen (secondary N) is 1. The molecule has 1 amide bonds. The van der Waals surface area contributed by atoms with E-state index in [9.17, 15) is 4.79 Å². The standard InChI is InChI=1S/C12H14Cl2N2O/c1-12(5-2-6-12)7-15-11(17)8-3-4-9(13)16-10(8)14/h3-4H,2,5-7H2,1H3,(H,15,17). The van der Waals surface area contributed by atoms with Crippen LogP contribution in [0, 0.1) is 5.41 Å². The van der Waals surface area contributed by atoms with Crippen LogP contribution in [0.3, 0.4) is 0 Å². The molecular weight excluding hydrogens is 259 g/mol. The van der Waals surface area contributed by atoms with Gasteiger partial charge in [-0.1, -0.05) is 36.5 Å². The summed E-state index contributed by atoms with van der Waals surface area (Å²) in [4.78, 5) is 15.7. The molecule has 1 heterocycles. The molecule has 2 rings (SSSR count). The van der Waals surface area contributed by atoms with Crippen molar-refractivity contribution in [2.24, 2.45) is 5.41 Å². The Kier molecular flexibility index (Phi) is 3.59. The van der Waals surface area contributed by atoms with E-state index in [4.69, 9.17) is 23.2 Å². The van der Waals surface area contributed by atoms with Crippen LogP contribution in [0.2, 0.25) is 10.3 Å². The van der Waals surface area contributed by atoms with Crippen molar-refractivity contribution in [3.63, 3.8) is 0 Å². The summed E-state index contributed by atoms with van der Waals surface area (Å²) in [5.74, 6) is -0.188. The van der Waals surface area contributed by atoms with Gasteiger partial charge in [0.05, 0.1) is 5.56 Å². The highest BCUT2D eigenvalue weighted by molar-refractivity contribution is 6.34. The molecule has 1 N–H and O–H groups in total. The normalized spacial score (nSPS) is 17.4. The summed E-state index contributed by atoms with van der Waals surface area (Å²) in [7, 11) is 0. The Morgan fingerprint density at radius 1 is 1.47 bits per heavy atom. The van der Waals surface area contributed by atoms with Gasteiger partial charge in [-0.2, -0.15) is 0 Å². The number of hydrogen-bond donors (Lipinski definition) is 1. The molecule has 1 aromatic rings. The summed E-state index contributed by atoms with van der Waals surface area (Å²) in [5.41, 5.74) is 0.626. The monoisotopic (exact) mass is 272 g/mol. The van der Waals surface area contributed by atoms with Crippen LogP contribution >= 0.6 is 23.2 Å². The lowest BCUT2D eigenvalue weighted by Crippen LogP contribution is -2.40. The molecule has 1 saturated carbocycles. The average Bonchev–Trinajstić information content (AvgIpc) is 2.23. The van der Waals surface area contributed by atoms with E-state index in [2.05, 4.69) is 17.2 Å². The molecule has 3 nitrogen and oxygen atoms in total. The average molecular weight is 273 g/mol. The second-order valence-electron chi connectivity index (χ2n) is 4.82. The van der Waals surface area contributed by atoms with Gasteiger partial charge in [0.15, 0.2) is 0 Å². The maximum Gasteiger partial charge on any atom is 0.254 e. The Bertz CT molecular complexity index is 444. The van der Waals surface area contributed by atoms with Crippen molar-refractivity contribution in [3.8, 4) is 0 Å². The second kappa shape index (κ2) is 4.83. The number of amides is 1. The van der Waals surface area contributed by atoms with E-state index in [1.807, 2.05) is 0 Å². The topological polar surface area (TPSA) is 42.0 Å². The number of carbonyl (C=O) groups excluding carboxylic acids is 1. The van der Waals surface area contributed by atoms with E-state index in [0.717, 1.165) is 0 Å². The Labute approximate surface area is 111 Å².